The summed E-state index contributed by atoms with van der Waals surface area (Å²) >= 11 is 6.02. The van der Waals surface area contributed by atoms with Crippen molar-refractivity contribution in [3.8, 4) is 5.75 Å². The third kappa shape index (κ3) is 7.56. The summed E-state index contributed by atoms with van der Waals surface area (Å²) in [7, 11) is 0. The highest BCUT2D eigenvalue weighted by atomic mass is 35.5. The van der Waals surface area contributed by atoms with E-state index in [9.17, 15) is 22.8 Å². The van der Waals surface area contributed by atoms with E-state index in [1.165, 1.54) is 31.3 Å². The summed E-state index contributed by atoms with van der Waals surface area (Å²) in [5, 5.41) is 7.22. The Morgan fingerprint density at radius 1 is 0.947 bits per heavy atom. The Morgan fingerprint density at radius 2 is 1.61 bits per heavy atom. The molecule has 1 aliphatic rings. The minimum absolute atomic E-state index is 0.0183. The molecule has 1 saturated heterocycles. The summed E-state index contributed by atoms with van der Waals surface area (Å²) < 4.78 is 43.3. The minimum atomic E-state index is -5.07. The van der Waals surface area contributed by atoms with Crippen molar-refractivity contribution in [3.63, 3.8) is 0 Å². The first-order valence-corrected chi connectivity index (χ1v) is 12.1. The largest absolute Gasteiger partial charge is 0.492 e. The van der Waals surface area contributed by atoms with Gasteiger partial charge in [0.2, 0.25) is 5.95 Å². The van der Waals surface area contributed by atoms with Crippen molar-refractivity contribution in [2.75, 3.05) is 42.2 Å². The average molecular weight is 549 g/mol. The molecule has 3 N–H and O–H groups in total. The summed E-state index contributed by atoms with van der Waals surface area (Å²) in [6.45, 7) is 3.78. The van der Waals surface area contributed by atoms with Crippen LogP contribution in [-0.2, 0) is 4.79 Å². The molecule has 0 radical (unpaired) electrons. The van der Waals surface area contributed by atoms with Crippen LogP contribution in [0.1, 0.15) is 23.2 Å². The summed E-state index contributed by atoms with van der Waals surface area (Å²) in [5.41, 5.74) is 0.582. The molecule has 0 bridgehead atoms. The van der Waals surface area contributed by atoms with Gasteiger partial charge in [-0.25, -0.2) is 9.97 Å². The molecule has 0 atom stereocenters. The number of nitrogens with zero attached hydrogens (tertiary/aromatic N) is 3. The number of hydrogen-bond acceptors (Lipinski definition) is 7. The topological polar surface area (TPSA) is 108 Å². The van der Waals surface area contributed by atoms with E-state index >= 15 is 0 Å². The predicted molar refractivity (Wildman–Crippen MR) is 137 cm³/mol. The molecule has 200 valence electrons. The molecule has 2 amide bonds. The van der Waals surface area contributed by atoms with Crippen LogP contribution in [-0.4, -0.2) is 59.1 Å². The van der Waals surface area contributed by atoms with E-state index in [0.717, 1.165) is 43.2 Å². The maximum atomic E-state index is 12.6. The van der Waals surface area contributed by atoms with Crippen molar-refractivity contribution >= 4 is 46.4 Å². The van der Waals surface area contributed by atoms with Gasteiger partial charge in [-0.3, -0.25) is 14.5 Å². The van der Waals surface area contributed by atoms with Gasteiger partial charge in [0.15, 0.2) is 0 Å². The smallest absolute Gasteiger partial charge is 0.471 e. The Bertz CT molecular complexity index is 1270. The maximum Gasteiger partial charge on any atom is 0.471 e. The second-order valence-electron chi connectivity index (χ2n) is 8.44. The number of hydrogen-bond donors (Lipinski definition) is 3. The Labute approximate surface area is 221 Å². The number of anilines is 4. The lowest BCUT2D eigenvalue weighted by Crippen LogP contribution is -2.30. The van der Waals surface area contributed by atoms with Gasteiger partial charge < -0.3 is 20.7 Å². The molecule has 0 saturated carbocycles. The van der Waals surface area contributed by atoms with E-state index in [1.54, 1.807) is 5.32 Å². The molecule has 38 heavy (non-hydrogen) atoms. The predicted octanol–water partition coefficient (Wildman–Crippen LogP) is 5.10. The lowest BCUT2D eigenvalue weighted by Gasteiger charge is -2.15. The maximum absolute atomic E-state index is 12.6. The van der Waals surface area contributed by atoms with Crippen molar-refractivity contribution in [2.24, 2.45) is 0 Å². The summed E-state index contributed by atoms with van der Waals surface area (Å²) in [6.07, 6.45) is 0.122. The second kappa shape index (κ2) is 12.1. The molecule has 1 aliphatic heterocycles. The molecule has 9 nitrogen and oxygen atoms in total. The summed E-state index contributed by atoms with van der Waals surface area (Å²) in [4.78, 5) is 34.5. The van der Waals surface area contributed by atoms with Gasteiger partial charge in [0.05, 0.1) is 28.7 Å². The number of benzene rings is 2. The Hall–Kier alpha value is -3.90. The molecule has 0 spiro atoms. The molecule has 3 aromatic rings. The number of alkyl halides is 3. The second-order valence-corrected chi connectivity index (χ2v) is 8.85. The first kappa shape index (κ1) is 27.1. The first-order valence-electron chi connectivity index (χ1n) is 11.7. The van der Waals surface area contributed by atoms with Gasteiger partial charge in [0.1, 0.15) is 12.4 Å². The van der Waals surface area contributed by atoms with E-state index < -0.39 is 18.0 Å². The van der Waals surface area contributed by atoms with Gasteiger partial charge in [0.25, 0.3) is 5.91 Å². The lowest BCUT2D eigenvalue weighted by atomic mass is 10.2. The number of nitrogens with one attached hydrogen (secondary N) is 3. The van der Waals surface area contributed by atoms with Crippen LogP contribution >= 0.6 is 11.6 Å². The first-order chi connectivity index (χ1) is 18.2. The van der Waals surface area contributed by atoms with Gasteiger partial charge >= 0.3 is 12.1 Å². The number of amides is 2. The third-order valence-corrected chi connectivity index (χ3v) is 5.95. The molecule has 0 aliphatic carbocycles. The van der Waals surface area contributed by atoms with E-state index in [0.29, 0.717) is 6.61 Å². The number of halogens is 4. The molecule has 1 aromatic heterocycles. The molecule has 4 rings (SSSR count). The highest BCUT2D eigenvalue weighted by Gasteiger charge is 2.38. The van der Waals surface area contributed by atoms with Crippen molar-refractivity contribution in [1.82, 2.24) is 14.9 Å². The van der Waals surface area contributed by atoms with Gasteiger partial charge in [0, 0.05) is 17.9 Å². The third-order valence-electron chi connectivity index (χ3n) is 5.62. The molecule has 2 aromatic carbocycles. The van der Waals surface area contributed by atoms with Crippen molar-refractivity contribution in [3.05, 3.63) is 65.4 Å². The van der Waals surface area contributed by atoms with Crippen molar-refractivity contribution in [1.29, 1.82) is 0 Å². The number of ether oxygens (including phenoxy) is 1. The van der Waals surface area contributed by atoms with Gasteiger partial charge in [-0.2, -0.15) is 13.2 Å². The van der Waals surface area contributed by atoms with Crippen LogP contribution < -0.4 is 20.7 Å². The monoisotopic (exact) mass is 548 g/mol. The van der Waals surface area contributed by atoms with Crippen LogP contribution in [0.15, 0.2) is 54.9 Å². The van der Waals surface area contributed by atoms with Gasteiger partial charge in [-0.1, -0.05) is 11.6 Å². The molecular formula is C25H24ClF3N6O3. The molecular weight excluding hydrogens is 525 g/mol. The summed E-state index contributed by atoms with van der Waals surface area (Å²) in [5.74, 6) is -1.85. The quantitative estimate of drug-likeness (QED) is 0.341. The van der Waals surface area contributed by atoms with Crippen molar-refractivity contribution in [2.45, 2.75) is 19.0 Å². The Morgan fingerprint density at radius 3 is 2.26 bits per heavy atom. The standard InChI is InChI=1S/C25H24ClF3N6O3/c26-21-8-5-17(33-23(37)25(27,28)29)13-20(21)22(36)32-18-14-30-24(31-15-18)34-16-3-6-19(7-4-16)38-12-11-35-9-1-2-10-35/h3-8,13-15H,1-2,9-12H2,(H,32,36)(H,33,37)(H,30,31,34). The Kier molecular flexibility index (Phi) is 8.64. The van der Waals surface area contributed by atoms with E-state index in [2.05, 4.69) is 25.5 Å². The normalized spacial score (nSPS) is 13.7. The van der Waals surface area contributed by atoms with E-state index in [4.69, 9.17) is 16.3 Å². The summed E-state index contributed by atoms with van der Waals surface area (Å²) in [6, 6.07) is 10.7. The van der Waals surface area contributed by atoms with Crippen LogP contribution in [0, 0.1) is 0 Å². The lowest BCUT2D eigenvalue weighted by molar-refractivity contribution is -0.167. The number of carbonyl (C=O) groups excluding carboxylic acids is 2. The SMILES string of the molecule is O=C(Nc1cnc(Nc2ccc(OCCN3CCCC3)cc2)nc1)c1cc(NC(=O)C(F)(F)F)ccc1Cl. The zero-order valence-corrected chi connectivity index (χ0v) is 20.8. The van der Waals surface area contributed by atoms with Crippen molar-refractivity contribution < 1.29 is 27.5 Å². The Balaban J connectivity index is 1.30. The highest BCUT2D eigenvalue weighted by Crippen LogP contribution is 2.24. The number of likely N-dealkylation sites (tertiary alicyclic amines) is 1. The molecule has 1 fully saturated rings. The molecule has 13 heteroatoms. The van der Waals surface area contributed by atoms with E-state index in [-0.39, 0.29) is 27.9 Å². The molecule has 0 unspecified atom stereocenters. The van der Waals surface area contributed by atoms with Gasteiger partial charge in [-0.15, -0.1) is 0 Å². The van der Waals surface area contributed by atoms with E-state index in [1.807, 2.05) is 24.3 Å². The zero-order chi connectivity index (χ0) is 27.1. The number of rotatable bonds is 9. The van der Waals surface area contributed by atoms with Crippen LogP contribution in [0.3, 0.4) is 0 Å². The minimum Gasteiger partial charge on any atom is -0.492 e. The van der Waals surface area contributed by atoms with Crippen LogP contribution in [0.2, 0.25) is 5.02 Å². The van der Waals surface area contributed by atoms with Crippen LogP contribution in [0.25, 0.3) is 0 Å². The number of aromatic nitrogens is 2. The van der Waals surface area contributed by atoms with Crippen LogP contribution in [0.5, 0.6) is 5.75 Å². The fourth-order valence-corrected chi connectivity index (χ4v) is 3.90. The molecule has 2 heterocycles. The zero-order valence-electron chi connectivity index (χ0n) is 20.0. The van der Waals surface area contributed by atoms with Gasteiger partial charge in [-0.05, 0) is 68.4 Å². The number of carbonyl (C=O) groups is 2. The fourth-order valence-electron chi connectivity index (χ4n) is 3.70. The van der Waals surface area contributed by atoms with Crippen LogP contribution in [0.4, 0.5) is 36.2 Å². The average Bonchev–Trinajstić information content (AvgIpc) is 3.40. The fraction of sp³-hybridized carbons (Fsp3) is 0.280. The highest BCUT2D eigenvalue weighted by molar-refractivity contribution is 6.34.